The highest BCUT2D eigenvalue weighted by molar-refractivity contribution is 6.30. The van der Waals surface area contributed by atoms with E-state index in [1.54, 1.807) is 13.2 Å². The van der Waals surface area contributed by atoms with Crippen LogP contribution in [0.25, 0.3) is 6.08 Å². The van der Waals surface area contributed by atoms with Crippen LogP contribution in [0.5, 0.6) is 5.75 Å². The van der Waals surface area contributed by atoms with Gasteiger partial charge in [0.05, 0.1) is 13.0 Å². The van der Waals surface area contributed by atoms with Crippen LogP contribution in [0.3, 0.4) is 0 Å². The van der Waals surface area contributed by atoms with Crippen LogP contribution in [0.1, 0.15) is 57.9 Å². The maximum atomic E-state index is 11.9. The summed E-state index contributed by atoms with van der Waals surface area (Å²) in [6.07, 6.45) is 8.38. The average molecular weight is 351 g/mol. The van der Waals surface area contributed by atoms with E-state index in [0.717, 1.165) is 30.6 Å². The van der Waals surface area contributed by atoms with Crippen molar-refractivity contribution in [2.75, 3.05) is 7.11 Å². The molecule has 0 spiro atoms. The molecule has 1 rings (SSSR count). The van der Waals surface area contributed by atoms with Crippen molar-refractivity contribution in [3.8, 4) is 5.75 Å². The number of benzene rings is 1. The van der Waals surface area contributed by atoms with Crippen LogP contribution < -0.4 is 4.74 Å². The van der Waals surface area contributed by atoms with Crippen molar-refractivity contribution in [2.24, 2.45) is 5.92 Å². The molecule has 0 amide bonds. The number of methoxy groups -OCH3 is 1. The Balaban J connectivity index is 2.45. The molecule has 0 aliphatic carbocycles. The lowest BCUT2D eigenvalue weighted by Gasteiger charge is -2.12. The molecule has 0 radical (unpaired) electrons. The molecule has 0 fully saturated rings. The Bertz CT molecular complexity index is 562. The first-order valence-corrected chi connectivity index (χ1v) is 8.96. The van der Waals surface area contributed by atoms with Crippen LogP contribution in [0.2, 0.25) is 5.02 Å². The second-order valence-electron chi connectivity index (χ2n) is 5.77. The first-order valence-electron chi connectivity index (χ1n) is 8.58. The van der Waals surface area contributed by atoms with E-state index >= 15 is 0 Å². The van der Waals surface area contributed by atoms with Gasteiger partial charge in [-0.25, -0.2) is 0 Å². The third-order valence-electron chi connectivity index (χ3n) is 4.08. The van der Waals surface area contributed by atoms with E-state index in [4.69, 9.17) is 16.3 Å². The van der Waals surface area contributed by atoms with Gasteiger partial charge in [0.15, 0.2) is 0 Å². The van der Waals surface area contributed by atoms with Gasteiger partial charge in [-0.3, -0.25) is 9.59 Å². The Morgan fingerprint density at radius 2 is 1.83 bits per heavy atom. The smallest absolute Gasteiger partial charge is 0.143 e. The number of hydrogen-bond acceptors (Lipinski definition) is 3. The van der Waals surface area contributed by atoms with Crippen molar-refractivity contribution in [1.82, 2.24) is 0 Å². The Morgan fingerprint density at radius 1 is 1.17 bits per heavy atom. The van der Waals surface area contributed by atoms with Gasteiger partial charge in [-0.05, 0) is 37.5 Å². The van der Waals surface area contributed by atoms with Crippen molar-refractivity contribution in [1.29, 1.82) is 0 Å². The zero-order valence-electron chi connectivity index (χ0n) is 14.8. The molecular weight excluding hydrogens is 324 g/mol. The standard InChI is InChI=1S/C20H27ClO3/c1-4-18(22)17(19(23)5-2)11-9-7-6-8-10-15-12-13-16(21)14-20(15)24-3/h8,10,12-14,17H,4-7,9,11H2,1-3H3/b10-8+. The molecule has 132 valence electrons. The summed E-state index contributed by atoms with van der Waals surface area (Å²) in [5, 5.41) is 0.649. The summed E-state index contributed by atoms with van der Waals surface area (Å²) in [6.45, 7) is 3.64. The van der Waals surface area contributed by atoms with Gasteiger partial charge in [0.2, 0.25) is 0 Å². The summed E-state index contributed by atoms with van der Waals surface area (Å²) in [5.41, 5.74) is 0.988. The Labute approximate surface area is 150 Å². The number of allylic oxidation sites excluding steroid dienone is 1. The van der Waals surface area contributed by atoms with Crippen LogP contribution in [0.4, 0.5) is 0 Å². The molecule has 1 aromatic carbocycles. The third kappa shape index (κ3) is 6.48. The molecule has 0 saturated carbocycles. The highest BCUT2D eigenvalue weighted by Gasteiger charge is 2.22. The van der Waals surface area contributed by atoms with Crippen molar-refractivity contribution in [3.63, 3.8) is 0 Å². The van der Waals surface area contributed by atoms with Gasteiger partial charge < -0.3 is 4.74 Å². The van der Waals surface area contributed by atoms with Crippen LogP contribution in [-0.4, -0.2) is 18.7 Å². The van der Waals surface area contributed by atoms with E-state index < -0.39 is 5.92 Å². The lowest BCUT2D eigenvalue weighted by atomic mass is 9.90. The molecule has 0 heterocycles. The van der Waals surface area contributed by atoms with E-state index in [0.29, 0.717) is 24.3 Å². The molecule has 0 saturated heterocycles. The molecule has 3 nitrogen and oxygen atoms in total. The van der Waals surface area contributed by atoms with Crippen LogP contribution >= 0.6 is 11.6 Å². The summed E-state index contributed by atoms with van der Waals surface area (Å²) >= 11 is 5.94. The molecule has 24 heavy (non-hydrogen) atoms. The number of carbonyl (C=O) groups excluding carboxylic acids is 2. The monoisotopic (exact) mass is 350 g/mol. The van der Waals surface area contributed by atoms with Crippen LogP contribution in [0.15, 0.2) is 24.3 Å². The molecule has 1 aromatic rings. The predicted octanol–water partition coefficient (Wildman–Crippen LogP) is 5.50. The van der Waals surface area contributed by atoms with Gasteiger partial charge in [-0.2, -0.15) is 0 Å². The molecule has 0 bridgehead atoms. The molecule has 0 aromatic heterocycles. The van der Waals surface area contributed by atoms with Crippen molar-refractivity contribution in [2.45, 2.75) is 52.4 Å². The zero-order chi connectivity index (χ0) is 17.9. The van der Waals surface area contributed by atoms with Crippen molar-refractivity contribution >= 4 is 29.2 Å². The minimum Gasteiger partial charge on any atom is -0.496 e. The number of Topliss-reactive ketones (excluding diaryl/α,β-unsaturated/α-hetero) is 2. The first-order chi connectivity index (χ1) is 11.5. The van der Waals surface area contributed by atoms with Gasteiger partial charge in [0, 0.05) is 23.4 Å². The van der Waals surface area contributed by atoms with E-state index in [9.17, 15) is 9.59 Å². The molecule has 0 aliphatic rings. The number of ketones is 2. The maximum absolute atomic E-state index is 11.9. The third-order valence-corrected chi connectivity index (χ3v) is 4.32. The number of unbranched alkanes of at least 4 members (excludes halogenated alkanes) is 2. The predicted molar refractivity (Wildman–Crippen MR) is 99.6 cm³/mol. The first kappa shape index (κ1) is 20.4. The molecule has 4 heteroatoms. The number of hydrogen-bond donors (Lipinski definition) is 0. The molecule has 0 unspecified atom stereocenters. The minimum atomic E-state index is -0.402. The average Bonchev–Trinajstić information content (AvgIpc) is 2.60. The summed E-state index contributed by atoms with van der Waals surface area (Å²) in [7, 11) is 1.62. The lowest BCUT2D eigenvalue weighted by Crippen LogP contribution is -2.22. The second kappa shape index (κ2) is 11.0. The van der Waals surface area contributed by atoms with E-state index in [2.05, 4.69) is 6.08 Å². The highest BCUT2D eigenvalue weighted by atomic mass is 35.5. The fraction of sp³-hybridized carbons (Fsp3) is 0.500. The van der Waals surface area contributed by atoms with E-state index in [1.165, 1.54) is 0 Å². The summed E-state index contributed by atoms with van der Waals surface area (Å²) < 4.78 is 5.30. The SMILES string of the molecule is CCC(=O)C(CCCC/C=C/c1ccc(Cl)cc1OC)C(=O)CC. The minimum absolute atomic E-state index is 0.0725. The number of halogens is 1. The quantitative estimate of drug-likeness (QED) is 0.391. The second-order valence-corrected chi connectivity index (χ2v) is 6.20. The summed E-state index contributed by atoms with van der Waals surface area (Å²) in [5.74, 6) is 0.493. The number of ether oxygens (including phenoxy) is 1. The molecule has 0 N–H and O–H groups in total. The maximum Gasteiger partial charge on any atom is 0.143 e. The zero-order valence-corrected chi connectivity index (χ0v) is 15.6. The lowest BCUT2D eigenvalue weighted by molar-refractivity contribution is -0.132. The van der Waals surface area contributed by atoms with Crippen molar-refractivity contribution < 1.29 is 14.3 Å². The fourth-order valence-corrected chi connectivity index (χ4v) is 2.80. The normalized spacial score (nSPS) is 11.2. The van der Waals surface area contributed by atoms with Crippen LogP contribution in [-0.2, 0) is 9.59 Å². The Morgan fingerprint density at radius 3 is 2.42 bits per heavy atom. The fourth-order valence-electron chi connectivity index (χ4n) is 2.64. The highest BCUT2D eigenvalue weighted by Crippen LogP contribution is 2.24. The molecule has 0 atom stereocenters. The largest absolute Gasteiger partial charge is 0.496 e. The number of carbonyl (C=O) groups is 2. The molecule has 0 aliphatic heterocycles. The van der Waals surface area contributed by atoms with Gasteiger partial charge in [0.1, 0.15) is 17.3 Å². The van der Waals surface area contributed by atoms with Gasteiger partial charge in [0.25, 0.3) is 0 Å². The number of rotatable bonds is 11. The van der Waals surface area contributed by atoms with Gasteiger partial charge >= 0.3 is 0 Å². The van der Waals surface area contributed by atoms with E-state index in [1.807, 2.05) is 32.1 Å². The van der Waals surface area contributed by atoms with Crippen LogP contribution in [0, 0.1) is 5.92 Å². The Hall–Kier alpha value is -1.61. The Kier molecular flexibility index (Phi) is 9.39. The topological polar surface area (TPSA) is 43.4 Å². The summed E-state index contributed by atoms with van der Waals surface area (Å²) in [4.78, 5) is 23.7. The molecular formula is C20H27ClO3. The van der Waals surface area contributed by atoms with E-state index in [-0.39, 0.29) is 11.6 Å². The van der Waals surface area contributed by atoms with Crippen molar-refractivity contribution in [3.05, 3.63) is 34.9 Å². The van der Waals surface area contributed by atoms with Gasteiger partial charge in [-0.1, -0.05) is 44.0 Å². The summed E-state index contributed by atoms with van der Waals surface area (Å²) in [6, 6.07) is 5.55. The van der Waals surface area contributed by atoms with Gasteiger partial charge in [-0.15, -0.1) is 0 Å².